The molecule has 0 spiro atoms. The smallest absolute Gasteiger partial charge is 0.282 e. The van der Waals surface area contributed by atoms with Crippen LogP contribution in [0, 0.1) is 10.1 Å². The summed E-state index contributed by atoms with van der Waals surface area (Å²) in [4.78, 5) is 36.1. The first-order valence-corrected chi connectivity index (χ1v) is 7.71. The number of nitro groups is 1. The van der Waals surface area contributed by atoms with E-state index in [4.69, 9.17) is 0 Å². The third kappa shape index (κ3) is 3.74. The molecule has 0 aliphatic carbocycles. The molecule has 0 saturated carbocycles. The first-order valence-electron chi connectivity index (χ1n) is 7.71. The maximum Gasteiger partial charge on any atom is 0.282 e. The highest BCUT2D eigenvalue weighted by molar-refractivity contribution is 6.07. The third-order valence-corrected chi connectivity index (χ3v) is 3.87. The molecule has 1 saturated heterocycles. The summed E-state index contributed by atoms with van der Waals surface area (Å²) in [6.07, 6.45) is 0. The molecule has 128 valence electrons. The largest absolute Gasteiger partial charge is 0.360 e. The van der Waals surface area contributed by atoms with E-state index >= 15 is 0 Å². The minimum absolute atomic E-state index is 0.00396. The van der Waals surface area contributed by atoms with Crippen LogP contribution in [0.3, 0.4) is 0 Å². The lowest BCUT2D eigenvalue weighted by Crippen LogP contribution is -2.47. The molecule has 25 heavy (non-hydrogen) atoms. The van der Waals surface area contributed by atoms with Crippen molar-refractivity contribution in [3.63, 3.8) is 0 Å². The molecular formula is C17H16N4O4. The normalized spacial score (nSPS) is 13.9. The highest BCUT2D eigenvalue weighted by Gasteiger charge is 2.20. The minimum Gasteiger partial charge on any atom is -0.360 e. The molecule has 0 bridgehead atoms. The van der Waals surface area contributed by atoms with Gasteiger partial charge in [0.2, 0.25) is 5.91 Å². The fourth-order valence-electron chi connectivity index (χ4n) is 2.64. The number of benzene rings is 2. The van der Waals surface area contributed by atoms with Gasteiger partial charge in [0.05, 0.1) is 11.5 Å². The number of para-hydroxylation sites is 1. The molecule has 2 aromatic carbocycles. The Morgan fingerprint density at radius 2 is 1.88 bits per heavy atom. The van der Waals surface area contributed by atoms with E-state index in [1.165, 1.54) is 18.2 Å². The zero-order valence-electron chi connectivity index (χ0n) is 13.3. The lowest BCUT2D eigenvalue weighted by atomic mass is 10.1. The molecular weight excluding hydrogens is 324 g/mol. The van der Waals surface area contributed by atoms with Gasteiger partial charge in [0, 0.05) is 30.5 Å². The van der Waals surface area contributed by atoms with Gasteiger partial charge < -0.3 is 15.5 Å². The summed E-state index contributed by atoms with van der Waals surface area (Å²) >= 11 is 0. The Morgan fingerprint density at radius 1 is 1.16 bits per heavy atom. The number of amides is 2. The Labute approximate surface area is 143 Å². The molecule has 1 aliphatic heterocycles. The van der Waals surface area contributed by atoms with E-state index in [0.717, 1.165) is 5.69 Å². The highest BCUT2D eigenvalue weighted by Crippen LogP contribution is 2.22. The van der Waals surface area contributed by atoms with Crippen LogP contribution in [-0.4, -0.2) is 36.4 Å². The van der Waals surface area contributed by atoms with Gasteiger partial charge in [0.1, 0.15) is 5.56 Å². The van der Waals surface area contributed by atoms with Crippen molar-refractivity contribution in [2.24, 2.45) is 0 Å². The summed E-state index contributed by atoms with van der Waals surface area (Å²) in [5.74, 6) is -0.572. The molecule has 2 N–H and O–H groups in total. The van der Waals surface area contributed by atoms with Crippen LogP contribution in [0.15, 0.2) is 48.5 Å². The van der Waals surface area contributed by atoms with E-state index in [9.17, 15) is 19.7 Å². The number of hydrogen-bond donors (Lipinski definition) is 2. The van der Waals surface area contributed by atoms with Gasteiger partial charge in [-0.1, -0.05) is 12.1 Å². The first kappa shape index (κ1) is 16.4. The van der Waals surface area contributed by atoms with Crippen LogP contribution < -0.4 is 15.5 Å². The maximum absolute atomic E-state index is 12.3. The average molecular weight is 340 g/mol. The van der Waals surface area contributed by atoms with E-state index in [2.05, 4.69) is 10.6 Å². The van der Waals surface area contributed by atoms with Crippen LogP contribution in [0.2, 0.25) is 0 Å². The second kappa shape index (κ2) is 7.00. The van der Waals surface area contributed by atoms with Gasteiger partial charge in [-0.3, -0.25) is 19.7 Å². The average Bonchev–Trinajstić information content (AvgIpc) is 2.62. The minimum atomic E-state index is -0.584. The fourth-order valence-corrected chi connectivity index (χ4v) is 2.64. The Hall–Kier alpha value is -3.42. The van der Waals surface area contributed by atoms with Crippen LogP contribution in [0.5, 0.6) is 0 Å². The summed E-state index contributed by atoms with van der Waals surface area (Å²) in [6.45, 7) is 1.60. The molecule has 1 heterocycles. The number of nitrogens with one attached hydrogen (secondary N) is 2. The number of carbonyl (C=O) groups is 2. The SMILES string of the molecule is O=C1CN(c2ccc(NC(=O)c3ccccc3[N+](=O)[O-])cc2)CCN1. The van der Waals surface area contributed by atoms with E-state index in [-0.39, 0.29) is 17.2 Å². The molecule has 2 amide bonds. The van der Waals surface area contributed by atoms with Gasteiger partial charge in [0.15, 0.2) is 0 Å². The lowest BCUT2D eigenvalue weighted by Gasteiger charge is -2.28. The van der Waals surface area contributed by atoms with Crippen molar-refractivity contribution in [2.75, 3.05) is 29.9 Å². The summed E-state index contributed by atoms with van der Waals surface area (Å²) in [6, 6.07) is 12.8. The Bertz CT molecular complexity index is 820. The summed E-state index contributed by atoms with van der Waals surface area (Å²) < 4.78 is 0. The van der Waals surface area contributed by atoms with Crippen LogP contribution in [0.25, 0.3) is 0 Å². The molecule has 0 unspecified atom stereocenters. The van der Waals surface area contributed by atoms with E-state index in [1.807, 2.05) is 4.90 Å². The van der Waals surface area contributed by atoms with Gasteiger partial charge in [-0.25, -0.2) is 0 Å². The zero-order chi connectivity index (χ0) is 17.8. The van der Waals surface area contributed by atoms with Gasteiger partial charge in [0.25, 0.3) is 11.6 Å². The molecule has 2 aromatic rings. The zero-order valence-corrected chi connectivity index (χ0v) is 13.3. The Morgan fingerprint density at radius 3 is 2.56 bits per heavy atom. The van der Waals surface area contributed by atoms with Crippen molar-refractivity contribution in [3.8, 4) is 0 Å². The predicted molar refractivity (Wildman–Crippen MR) is 92.7 cm³/mol. The van der Waals surface area contributed by atoms with Gasteiger partial charge in [-0.2, -0.15) is 0 Å². The number of anilines is 2. The van der Waals surface area contributed by atoms with Crippen LogP contribution in [-0.2, 0) is 4.79 Å². The van der Waals surface area contributed by atoms with Gasteiger partial charge in [-0.05, 0) is 30.3 Å². The molecule has 0 radical (unpaired) electrons. The number of nitrogens with zero attached hydrogens (tertiary/aromatic N) is 2. The molecule has 8 heteroatoms. The first-order chi connectivity index (χ1) is 12.0. The van der Waals surface area contributed by atoms with Crippen molar-refractivity contribution in [1.82, 2.24) is 5.32 Å². The molecule has 8 nitrogen and oxygen atoms in total. The third-order valence-electron chi connectivity index (χ3n) is 3.87. The fraction of sp³-hybridized carbons (Fsp3) is 0.176. The topological polar surface area (TPSA) is 105 Å². The lowest BCUT2D eigenvalue weighted by molar-refractivity contribution is -0.385. The van der Waals surface area contributed by atoms with Crippen molar-refractivity contribution in [2.45, 2.75) is 0 Å². The van der Waals surface area contributed by atoms with Crippen LogP contribution in [0.4, 0.5) is 17.1 Å². The predicted octanol–water partition coefficient (Wildman–Crippen LogP) is 1.78. The maximum atomic E-state index is 12.3. The molecule has 0 atom stereocenters. The van der Waals surface area contributed by atoms with Crippen molar-refractivity contribution < 1.29 is 14.5 Å². The molecule has 0 aromatic heterocycles. The number of carbonyl (C=O) groups excluding carboxylic acids is 2. The van der Waals surface area contributed by atoms with E-state index < -0.39 is 10.8 Å². The molecule has 1 aliphatic rings. The molecule has 3 rings (SSSR count). The van der Waals surface area contributed by atoms with Gasteiger partial charge >= 0.3 is 0 Å². The number of nitro benzene ring substituents is 1. The standard InChI is InChI=1S/C17H16N4O4/c22-16-11-20(10-9-18-16)13-7-5-12(6-8-13)19-17(23)14-3-1-2-4-15(14)21(24)25/h1-8H,9-11H2,(H,18,22)(H,19,23). The highest BCUT2D eigenvalue weighted by atomic mass is 16.6. The second-order valence-electron chi connectivity index (χ2n) is 5.55. The van der Waals surface area contributed by atoms with Crippen LogP contribution in [0.1, 0.15) is 10.4 Å². The van der Waals surface area contributed by atoms with E-state index in [0.29, 0.717) is 25.3 Å². The van der Waals surface area contributed by atoms with E-state index in [1.54, 1.807) is 30.3 Å². The Kier molecular flexibility index (Phi) is 4.60. The van der Waals surface area contributed by atoms with Crippen LogP contribution >= 0.6 is 0 Å². The number of rotatable bonds is 4. The summed E-state index contributed by atoms with van der Waals surface area (Å²) in [5.41, 5.74) is 1.16. The van der Waals surface area contributed by atoms with Crippen molar-refractivity contribution in [3.05, 3.63) is 64.2 Å². The van der Waals surface area contributed by atoms with Gasteiger partial charge in [-0.15, -0.1) is 0 Å². The Balaban J connectivity index is 1.72. The number of piperazine rings is 1. The van der Waals surface area contributed by atoms with Crippen molar-refractivity contribution in [1.29, 1.82) is 0 Å². The molecule has 1 fully saturated rings. The number of hydrogen-bond acceptors (Lipinski definition) is 5. The monoisotopic (exact) mass is 340 g/mol. The summed E-state index contributed by atoms with van der Waals surface area (Å²) in [5, 5.41) is 16.4. The quantitative estimate of drug-likeness (QED) is 0.652. The second-order valence-corrected chi connectivity index (χ2v) is 5.55. The summed E-state index contributed by atoms with van der Waals surface area (Å²) in [7, 11) is 0. The van der Waals surface area contributed by atoms with Crippen molar-refractivity contribution >= 4 is 28.9 Å².